The molecule has 0 bridgehead atoms. The summed E-state index contributed by atoms with van der Waals surface area (Å²) in [4.78, 5) is 22.5. The van der Waals surface area contributed by atoms with Crippen LogP contribution in [0.25, 0.3) is 11.5 Å². The van der Waals surface area contributed by atoms with Crippen molar-refractivity contribution in [2.45, 2.75) is 32.5 Å². The van der Waals surface area contributed by atoms with E-state index < -0.39 is 0 Å². The number of benzene rings is 2. The topological polar surface area (TPSA) is 82.8 Å². The molecule has 3 aromatic rings. The van der Waals surface area contributed by atoms with Crippen LogP contribution in [0.5, 0.6) is 0 Å². The van der Waals surface area contributed by atoms with Gasteiger partial charge in [-0.3, -0.25) is 9.79 Å². The third kappa shape index (κ3) is 5.51. The van der Waals surface area contributed by atoms with Crippen molar-refractivity contribution in [1.29, 1.82) is 0 Å². The zero-order valence-electron chi connectivity index (χ0n) is 17.7. The van der Waals surface area contributed by atoms with Gasteiger partial charge in [0.1, 0.15) is 6.26 Å². The molecule has 4 rings (SSSR count). The van der Waals surface area contributed by atoms with Crippen LogP contribution in [0.15, 0.2) is 70.3 Å². The van der Waals surface area contributed by atoms with E-state index in [1.54, 1.807) is 13.3 Å². The minimum atomic E-state index is 0.253. The summed E-state index contributed by atoms with van der Waals surface area (Å²) in [5.74, 6) is 1.55. The number of guanidine groups is 1. The molecule has 0 unspecified atom stereocenters. The Kier molecular flexibility index (Phi) is 6.62. The predicted molar refractivity (Wildman–Crippen MR) is 120 cm³/mol. The third-order valence-corrected chi connectivity index (χ3v) is 5.26. The molecule has 1 aliphatic heterocycles. The molecule has 1 amide bonds. The molecule has 160 valence electrons. The molecule has 1 aromatic heterocycles. The molecular weight excluding hydrogens is 390 g/mol. The highest BCUT2D eigenvalue weighted by molar-refractivity contribution is 5.79. The molecule has 0 saturated carbocycles. The lowest BCUT2D eigenvalue weighted by Gasteiger charge is -2.16. The van der Waals surface area contributed by atoms with Gasteiger partial charge < -0.3 is 20.0 Å². The molecule has 1 saturated heterocycles. The number of oxazole rings is 1. The van der Waals surface area contributed by atoms with Crippen LogP contribution in [0.3, 0.4) is 0 Å². The van der Waals surface area contributed by atoms with Gasteiger partial charge in [-0.2, -0.15) is 0 Å². The molecule has 2 heterocycles. The molecule has 0 spiro atoms. The maximum absolute atomic E-state index is 11.8. The average molecular weight is 418 g/mol. The Morgan fingerprint density at radius 3 is 2.52 bits per heavy atom. The molecule has 31 heavy (non-hydrogen) atoms. The van der Waals surface area contributed by atoms with E-state index >= 15 is 0 Å². The van der Waals surface area contributed by atoms with Crippen LogP contribution >= 0.6 is 0 Å². The monoisotopic (exact) mass is 417 g/mol. The van der Waals surface area contributed by atoms with Crippen LogP contribution in [0.4, 0.5) is 0 Å². The minimum absolute atomic E-state index is 0.253. The van der Waals surface area contributed by atoms with Gasteiger partial charge in [0.2, 0.25) is 11.8 Å². The van der Waals surface area contributed by atoms with Crippen molar-refractivity contribution in [3.05, 3.63) is 77.7 Å². The number of nitrogens with zero attached hydrogens (tertiary/aromatic N) is 3. The average Bonchev–Trinajstić information content (AvgIpc) is 3.45. The van der Waals surface area contributed by atoms with Crippen molar-refractivity contribution in [1.82, 2.24) is 20.5 Å². The Labute approximate surface area is 182 Å². The van der Waals surface area contributed by atoms with Crippen LogP contribution < -0.4 is 10.6 Å². The van der Waals surface area contributed by atoms with Crippen molar-refractivity contribution in [2.75, 3.05) is 13.6 Å². The SMILES string of the molecule is CN=C(NCc1ccc(CN2CCCC2=O)cc1)NCc1coc(-c2ccccc2)n1. The molecule has 0 radical (unpaired) electrons. The van der Waals surface area contributed by atoms with E-state index in [1.165, 1.54) is 0 Å². The summed E-state index contributed by atoms with van der Waals surface area (Å²) in [5.41, 5.74) is 4.06. The van der Waals surface area contributed by atoms with Crippen molar-refractivity contribution in [2.24, 2.45) is 4.99 Å². The van der Waals surface area contributed by atoms with Crippen molar-refractivity contribution < 1.29 is 9.21 Å². The first-order valence-electron chi connectivity index (χ1n) is 10.5. The number of aliphatic imine (C=N–C) groups is 1. The number of rotatable bonds is 7. The number of likely N-dealkylation sites (tertiary alicyclic amines) is 1. The normalized spacial score (nSPS) is 14.2. The van der Waals surface area contributed by atoms with Crippen LogP contribution in [0.2, 0.25) is 0 Å². The van der Waals surface area contributed by atoms with Crippen molar-refractivity contribution >= 4 is 11.9 Å². The second-order valence-electron chi connectivity index (χ2n) is 7.52. The van der Waals surface area contributed by atoms with E-state index in [4.69, 9.17) is 4.42 Å². The van der Waals surface area contributed by atoms with Gasteiger partial charge in [-0.05, 0) is 29.7 Å². The van der Waals surface area contributed by atoms with E-state index in [2.05, 4.69) is 44.9 Å². The van der Waals surface area contributed by atoms with Crippen LogP contribution in [-0.4, -0.2) is 35.3 Å². The number of carbonyl (C=O) groups excluding carboxylic acids is 1. The van der Waals surface area contributed by atoms with Crippen LogP contribution in [0, 0.1) is 0 Å². The summed E-state index contributed by atoms with van der Waals surface area (Å²) < 4.78 is 5.58. The molecule has 1 aliphatic rings. The fourth-order valence-electron chi connectivity index (χ4n) is 3.54. The first kappa shape index (κ1) is 20.7. The van der Waals surface area contributed by atoms with E-state index in [9.17, 15) is 4.79 Å². The summed E-state index contributed by atoms with van der Waals surface area (Å²) in [6, 6.07) is 18.2. The lowest BCUT2D eigenvalue weighted by atomic mass is 10.1. The fraction of sp³-hybridized carbons (Fsp3) is 0.292. The number of amides is 1. The number of aromatic nitrogens is 1. The molecule has 0 aliphatic carbocycles. The Morgan fingerprint density at radius 1 is 1.06 bits per heavy atom. The summed E-state index contributed by atoms with van der Waals surface area (Å²) in [6.45, 7) is 2.72. The summed E-state index contributed by atoms with van der Waals surface area (Å²) >= 11 is 0. The zero-order chi connectivity index (χ0) is 21.5. The Morgan fingerprint density at radius 2 is 1.81 bits per heavy atom. The van der Waals surface area contributed by atoms with Gasteiger partial charge in [0.25, 0.3) is 0 Å². The first-order valence-corrected chi connectivity index (χ1v) is 10.5. The number of hydrogen-bond donors (Lipinski definition) is 2. The highest BCUT2D eigenvalue weighted by atomic mass is 16.3. The van der Waals surface area contributed by atoms with Gasteiger partial charge >= 0.3 is 0 Å². The number of carbonyl (C=O) groups is 1. The molecule has 7 nitrogen and oxygen atoms in total. The largest absolute Gasteiger partial charge is 0.444 e. The fourth-order valence-corrected chi connectivity index (χ4v) is 3.54. The van der Waals surface area contributed by atoms with E-state index in [1.807, 2.05) is 35.2 Å². The first-order chi connectivity index (χ1) is 15.2. The van der Waals surface area contributed by atoms with E-state index in [-0.39, 0.29) is 5.91 Å². The summed E-state index contributed by atoms with van der Waals surface area (Å²) in [5, 5.41) is 6.57. The van der Waals surface area contributed by atoms with Crippen LogP contribution in [0.1, 0.15) is 29.7 Å². The Hall–Kier alpha value is -3.61. The maximum Gasteiger partial charge on any atom is 0.226 e. The standard InChI is InChI=1S/C24H27N5O2/c1-25-24(27-15-21-17-31-23(28-21)20-6-3-2-4-7-20)26-14-18-9-11-19(12-10-18)16-29-13-5-8-22(29)30/h2-4,6-7,9-12,17H,5,8,13-16H2,1H3,(H2,25,26,27). The summed E-state index contributed by atoms with van der Waals surface area (Å²) in [6.07, 6.45) is 3.30. The molecule has 2 aromatic carbocycles. The quantitative estimate of drug-likeness (QED) is 0.455. The molecule has 1 fully saturated rings. The summed E-state index contributed by atoms with van der Waals surface area (Å²) in [7, 11) is 1.74. The number of hydrogen-bond acceptors (Lipinski definition) is 4. The van der Waals surface area contributed by atoms with Crippen molar-refractivity contribution in [3.63, 3.8) is 0 Å². The lowest BCUT2D eigenvalue weighted by molar-refractivity contribution is -0.128. The minimum Gasteiger partial charge on any atom is -0.444 e. The highest BCUT2D eigenvalue weighted by Gasteiger charge is 2.19. The van der Waals surface area contributed by atoms with Gasteiger partial charge in [0.15, 0.2) is 5.96 Å². The van der Waals surface area contributed by atoms with Gasteiger partial charge in [-0.25, -0.2) is 4.98 Å². The smallest absolute Gasteiger partial charge is 0.226 e. The molecule has 0 atom stereocenters. The molecular formula is C24H27N5O2. The predicted octanol–water partition coefficient (Wildman–Crippen LogP) is 3.33. The Bertz CT molecular complexity index is 1030. The van der Waals surface area contributed by atoms with Crippen molar-refractivity contribution in [3.8, 4) is 11.5 Å². The lowest BCUT2D eigenvalue weighted by Crippen LogP contribution is -2.36. The molecule has 7 heteroatoms. The Balaban J connectivity index is 1.25. The van der Waals surface area contributed by atoms with Crippen LogP contribution in [-0.2, 0) is 24.4 Å². The molecule has 2 N–H and O–H groups in total. The van der Waals surface area contributed by atoms with Gasteiger partial charge in [0.05, 0.1) is 12.2 Å². The maximum atomic E-state index is 11.8. The van der Waals surface area contributed by atoms with Gasteiger partial charge in [-0.1, -0.05) is 42.5 Å². The zero-order valence-corrected chi connectivity index (χ0v) is 17.7. The second-order valence-corrected chi connectivity index (χ2v) is 7.52. The highest BCUT2D eigenvalue weighted by Crippen LogP contribution is 2.18. The second kappa shape index (κ2) is 9.93. The van der Waals surface area contributed by atoms with E-state index in [0.717, 1.165) is 35.3 Å². The third-order valence-electron chi connectivity index (χ3n) is 5.26. The van der Waals surface area contributed by atoms with Gasteiger partial charge in [0, 0.05) is 38.7 Å². The number of nitrogens with one attached hydrogen (secondary N) is 2. The van der Waals surface area contributed by atoms with E-state index in [0.29, 0.717) is 37.9 Å². The van der Waals surface area contributed by atoms with Gasteiger partial charge in [-0.15, -0.1) is 0 Å².